The molecule has 0 aromatic rings. The van der Waals surface area contributed by atoms with Crippen LogP contribution in [0, 0.1) is 0 Å². The zero-order valence-corrected chi connectivity index (χ0v) is 29.3. The molecule has 256 valence electrons. The van der Waals surface area contributed by atoms with Gasteiger partial charge < -0.3 is 34.6 Å². The lowest BCUT2D eigenvalue weighted by molar-refractivity contribution is 0.0150. The summed E-state index contributed by atoms with van der Waals surface area (Å²) in [5.41, 5.74) is -0.466. The van der Waals surface area contributed by atoms with Gasteiger partial charge in [-0.1, -0.05) is 25.7 Å². The fraction of sp³-hybridized carbons (Fsp3) is 0.914. The Kier molecular flexibility index (Phi) is 10.8. The molecule has 0 radical (unpaired) electrons. The minimum Gasteiger partial charge on any atom is -0.444 e. The molecular weight excluding hydrogens is 568 g/mol. The van der Waals surface area contributed by atoms with Crippen molar-refractivity contribution in [1.29, 1.82) is 0 Å². The fourth-order valence-corrected chi connectivity index (χ4v) is 9.11. The van der Waals surface area contributed by atoms with Crippen LogP contribution in [0.4, 0.5) is 14.4 Å². The van der Waals surface area contributed by atoms with Crippen LogP contribution in [-0.4, -0.2) is 123 Å². The topological polar surface area (TPSA) is 88.7 Å². The van der Waals surface area contributed by atoms with E-state index in [2.05, 4.69) is 52.6 Å². The molecule has 0 aromatic heterocycles. The van der Waals surface area contributed by atoms with E-state index in [-0.39, 0.29) is 24.2 Å². The van der Waals surface area contributed by atoms with Crippen LogP contribution in [0.1, 0.15) is 126 Å². The predicted molar refractivity (Wildman–Crippen MR) is 177 cm³/mol. The zero-order valence-electron chi connectivity index (χ0n) is 29.3. The van der Waals surface area contributed by atoms with Gasteiger partial charge in [0.05, 0.1) is 24.2 Å². The summed E-state index contributed by atoms with van der Waals surface area (Å²) in [6.07, 6.45) is 13.4. The lowest BCUT2D eigenvalue weighted by atomic mass is 9.88. The van der Waals surface area contributed by atoms with E-state index in [4.69, 9.17) is 4.74 Å². The van der Waals surface area contributed by atoms with E-state index in [1.54, 1.807) is 4.90 Å². The van der Waals surface area contributed by atoms with Crippen molar-refractivity contribution in [2.24, 2.45) is 0 Å². The average molecular weight is 631 g/mol. The van der Waals surface area contributed by atoms with Crippen molar-refractivity contribution in [3.63, 3.8) is 0 Å². The summed E-state index contributed by atoms with van der Waals surface area (Å²) in [6, 6.07) is 3.55. The van der Waals surface area contributed by atoms with Crippen molar-refractivity contribution < 1.29 is 19.1 Å². The summed E-state index contributed by atoms with van der Waals surface area (Å²) >= 11 is 0. The Morgan fingerprint density at radius 2 is 1.07 bits per heavy atom. The van der Waals surface area contributed by atoms with E-state index >= 15 is 0 Å². The molecule has 6 aliphatic rings. The third-order valence-corrected chi connectivity index (χ3v) is 11.0. The summed E-state index contributed by atoms with van der Waals surface area (Å²) < 4.78 is 5.49. The summed E-state index contributed by atoms with van der Waals surface area (Å²) in [6.45, 7) is 17.7. The maximum atomic E-state index is 13.2. The van der Waals surface area contributed by atoms with Gasteiger partial charge in [0, 0.05) is 37.3 Å². The number of ether oxygens (including phenoxy) is 1. The van der Waals surface area contributed by atoms with Crippen molar-refractivity contribution in [2.45, 2.75) is 179 Å². The molecule has 4 saturated heterocycles. The number of amides is 5. The van der Waals surface area contributed by atoms with Gasteiger partial charge in [-0.05, 0) is 113 Å². The van der Waals surface area contributed by atoms with Crippen LogP contribution in [0.25, 0.3) is 0 Å². The lowest BCUT2D eigenvalue weighted by Crippen LogP contribution is -2.51. The quantitative estimate of drug-likeness (QED) is 0.409. The second-order valence-corrected chi connectivity index (χ2v) is 15.9. The maximum Gasteiger partial charge on any atom is 0.410 e. The van der Waals surface area contributed by atoms with Gasteiger partial charge in [0.1, 0.15) is 5.60 Å². The molecule has 1 N–H and O–H groups in total. The van der Waals surface area contributed by atoms with Gasteiger partial charge in [-0.15, -0.1) is 0 Å². The third kappa shape index (κ3) is 7.36. The standard InChI is InChI=1S/C20H35N3O3.C15H27N3O/c1-14(2)22-16-8-6-7-9-17(16)23(18(22)24)15-10-12-21(13-11-15)19(25)26-20(3,4)5;1-11(2)17-13-5-3-4-6-14(13)18(15(17)19)12-7-9-16-10-8-12/h14-17H,6-13H2,1-5H3;11-14,16H,3-10H2,1-2H3/t16-,17-;13-,14-/m00/s1. The SMILES string of the molecule is CC(C)N1C(=O)N(C2CCN(C(=O)OC(C)(C)C)CC2)[C@H]2CCCC[C@@H]21.CC(C)N1C(=O)N(C2CCNCC2)[C@H]2CCCC[C@@H]21. The second kappa shape index (κ2) is 14.3. The number of piperidine rings is 2. The first kappa shape index (κ1) is 34.1. The van der Waals surface area contributed by atoms with Crippen molar-refractivity contribution >= 4 is 18.2 Å². The summed E-state index contributed by atoms with van der Waals surface area (Å²) in [4.78, 5) is 48.8. The molecule has 0 unspecified atom stereocenters. The number of hydrogen-bond acceptors (Lipinski definition) is 5. The van der Waals surface area contributed by atoms with Crippen molar-refractivity contribution in [3.05, 3.63) is 0 Å². The number of nitrogens with one attached hydrogen (secondary N) is 1. The largest absolute Gasteiger partial charge is 0.444 e. The van der Waals surface area contributed by atoms with Gasteiger partial charge in [0.15, 0.2) is 0 Å². The van der Waals surface area contributed by atoms with E-state index < -0.39 is 5.60 Å². The first-order valence-corrected chi connectivity index (χ1v) is 18.3. The molecule has 10 heteroatoms. The normalized spacial score (nSPS) is 30.1. The van der Waals surface area contributed by atoms with Gasteiger partial charge in [0.25, 0.3) is 0 Å². The molecule has 5 amide bonds. The van der Waals surface area contributed by atoms with E-state index in [0.717, 1.165) is 51.6 Å². The van der Waals surface area contributed by atoms with Crippen LogP contribution in [0.3, 0.4) is 0 Å². The van der Waals surface area contributed by atoms with Crippen LogP contribution < -0.4 is 5.32 Å². The highest BCUT2D eigenvalue weighted by Gasteiger charge is 2.51. The Morgan fingerprint density at radius 1 is 0.667 bits per heavy atom. The minimum absolute atomic E-state index is 0.215. The average Bonchev–Trinajstić information content (AvgIpc) is 3.47. The molecule has 0 bridgehead atoms. The predicted octanol–water partition coefficient (Wildman–Crippen LogP) is 6.04. The number of fused-ring (bicyclic) bond motifs is 2. The van der Waals surface area contributed by atoms with E-state index in [0.29, 0.717) is 55.4 Å². The highest BCUT2D eigenvalue weighted by molar-refractivity contribution is 5.79. The molecule has 45 heavy (non-hydrogen) atoms. The number of urea groups is 2. The fourth-order valence-electron chi connectivity index (χ4n) is 9.11. The van der Waals surface area contributed by atoms with Gasteiger partial charge in [-0.25, -0.2) is 14.4 Å². The smallest absolute Gasteiger partial charge is 0.410 e. The number of carbonyl (C=O) groups excluding carboxylic acids is 3. The van der Waals surface area contributed by atoms with Gasteiger partial charge in [-0.3, -0.25) is 0 Å². The Balaban J connectivity index is 0.000000186. The third-order valence-electron chi connectivity index (χ3n) is 11.0. The Labute approximate surface area is 272 Å². The summed E-state index contributed by atoms with van der Waals surface area (Å²) in [7, 11) is 0. The highest BCUT2D eigenvalue weighted by atomic mass is 16.6. The van der Waals surface area contributed by atoms with Crippen molar-refractivity contribution in [2.75, 3.05) is 26.2 Å². The number of hydrogen-bond donors (Lipinski definition) is 1. The first-order valence-electron chi connectivity index (χ1n) is 18.3. The summed E-state index contributed by atoms with van der Waals surface area (Å²) in [5.74, 6) is 0. The van der Waals surface area contributed by atoms with Crippen LogP contribution in [-0.2, 0) is 4.74 Å². The van der Waals surface area contributed by atoms with Crippen LogP contribution >= 0.6 is 0 Å². The molecular formula is C35H62N6O4. The molecule has 2 aliphatic carbocycles. The minimum atomic E-state index is -0.466. The van der Waals surface area contributed by atoms with Crippen LogP contribution in [0.5, 0.6) is 0 Å². The molecule has 10 nitrogen and oxygen atoms in total. The van der Waals surface area contributed by atoms with Crippen LogP contribution in [0.2, 0.25) is 0 Å². The van der Waals surface area contributed by atoms with E-state index in [1.807, 2.05) is 20.8 Å². The van der Waals surface area contributed by atoms with E-state index in [9.17, 15) is 14.4 Å². The Bertz CT molecular complexity index is 1030. The lowest BCUT2D eigenvalue weighted by Gasteiger charge is -2.40. The zero-order chi connectivity index (χ0) is 32.5. The van der Waals surface area contributed by atoms with Gasteiger partial charge >= 0.3 is 18.2 Å². The van der Waals surface area contributed by atoms with Gasteiger partial charge in [0.2, 0.25) is 0 Å². The number of likely N-dealkylation sites (tertiary alicyclic amines) is 1. The number of carbonyl (C=O) groups is 3. The number of nitrogens with zero attached hydrogens (tertiary/aromatic N) is 5. The Hall–Kier alpha value is -2.23. The van der Waals surface area contributed by atoms with Gasteiger partial charge in [-0.2, -0.15) is 0 Å². The molecule has 0 spiro atoms. The molecule has 4 aliphatic heterocycles. The second-order valence-electron chi connectivity index (χ2n) is 15.9. The van der Waals surface area contributed by atoms with Crippen molar-refractivity contribution in [3.8, 4) is 0 Å². The summed E-state index contributed by atoms with van der Waals surface area (Å²) in [5, 5.41) is 3.41. The van der Waals surface area contributed by atoms with Crippen molar-refractivity contribution in [1.82, 2.24) is 29.8 Å². The molecule has 2 saturated carbocycles. The Morgan fingerprint density at radius 3 is 1.47 bits per heavy atom. The van der Waals surface area contributed by atoms with Crippen LogP contribution in [0.15, 0.2) is 0 Å². The highest BCUT2D eigenvalue weighted by Crippen LogP contribution is 2.39. The monoisotopic (exact) mass is 630 g/mol. The molecule has 4 heterocycles. The molecule has 4 atom stereocenters. The number of rotatable bonds is 4. The molecule has 6 rings (SSSR count). The molecule has 0 aromatic carbocycles. The molecule has 6 fully saturated rings. The maximum absolute atomic E-state index is 13.2. The first-order chi connectivity index (χ1) is 21.4. The van der Waals surface area contributed by atoms with E-state index in [1.165, 1.54) is 38.5 Å².